The molecule has 1 aromatic carbocycles. The number of carbonyl (C=O) groups is 2. The van der Waals surface area contributed by atoms with Crippen LogP contribution in [0, 0.1) is 5.92 Å². The minimum absolute atomic E-state index is 0. The van der Waals surface area contributed by atoms with E-state index in [0.29, 0.717) is 12.2 Å². The maximum atomic E-state index is 11.9. The molecule has 1 rings (SSSR count). The summed E-state index contributed by atoms with van der Waals surface area (Å²) in [6.45, 7) is 5.32. The number of carboxylic acid groups (broad SMARTS) is 1. The number of rotatable bonds is 21. The molecule has 0 aliphatic carbocycles. The molecule has 1 aromatic rings. The van der Waals surface area contributed by atoms with Crippen molar-refractivity contribution in [1.29, 1.82) is 0 Å². The summed E-state index contributed by atoms with van der Waals surface area (Å²) >= 11 is 0. The van der Waals surface area contributed by atoms with Crippen molar-refractivity contribution >= 4 is 11.9 Å². The maximum absolute atomic E-state index is 11.9. The molecule has 0 fully saturated rings. The van der Waals surface area contributed by atoms with E-state index < -0.39 is 5.97 Å². The largest absolute Gasteiger partial charge is 1.00 e. The van der Waals surface area contributed by atoms with Crippen LogP contribution in [-0.2, 0) is 4.79 Å². The molecule has 6 heteroatoms. The molecule has 0 spiro atoms. The summed E-state index contributed by atoms with van der Waals surface area (Å²) < 4.78 is 5.75. The zero-order valence-corrected chi connectivity index (χ0v) is 24.0. The Morgan fingerprint density at radius 3 is 1.74 bits per heavy atom. The molecule has 0 saturated carbocycles. The summed E-state index contributed by atoms with van der Waals surface area (Å²) in [6.07, 6.45) is 18.7. The van der Waals surface area contributed by atoms with Crippen molar-refractivity contribution in [3.05, 3.63) is 35.1 Å². The van der Waals surface area contributed by atoms with Gasteiger partial charge in [0.05, 0.1) is 12.5 Å². The molecule has 0 bridgehead atoms. The Morgan fingerprint density at radius 1 is 0.794 bits per heavy atom. The van der Waals surface area contributed by atoms with E-state index in [-0.39, 0.29) is 48.4 Å². The molecule has 0 aromatic heterocycles. The average molecular weight is 484 g/mol. The molecule has 0 radical (unpaired) electrons. The van der Waals surface area contributed by atoms with Crippen LogP contribution in [0.25, 0.3) is 5.32 Å². The van der Waals surface area contributed by atoms with Crippen molar-refractivity contribution in [2.24, 2.45) is 5.92 Å². The van der Waals surface area contributed by atoms with E-state index in [0.717, 1.165) is 18.1 Å². The van der Waals surface area contributed by atoms with Gasteiger partial charge in [0.25, 0.3) is 0 Å². The van der Waals surface area contributed by atoms with Crippen LogP contribution >= 0.6 is 0 Å². The molecular formula is C28H46NNaO4. The third-order valence-electron chi connectivity index (χ3n) is 5.88. The Kier molecular flexibility index (Phi) is 21.7. The third kappa shape index (κ3) is 19.3. The molecule has 1 amide bonds. The van der Waals surface area contributed by atoms with Crippen LogP contribution < -0.4 is 34.3 Å². The summed E-state index contributed by atoms with van der Waals surface area (Å²) in [5.74, 6) is 0.260. The first-order valence-corrected chi connectivity index (χ1v) is 13.2. The summed E-state index contributed by atoms with van der Waals surface area (Å²) in [5, 5.41) is 12.3. The second kappa shape index (κ2) is 22.4. The van der Waals surface area contributed by atoms with Gasteiger partial charge in [0.15, 0.2) is 0 Å². The van der Waals surface area contributed by atoms with Gasteiger partial charge in [-0.25, -0.2) is 0 Å². The monoisotopic (exact) mass is 483 g/mol. The standard InChI is InChI=1S/C28H47NO4.Na/c1-24(2)16-14-12-10-8-6-4-3-5-7-9-11-13-15-23-33-26-19-17-25(18-20-26)28(32)29-22-21-27(30)31;/h17-20,24H,3-16,21-23H2,1-2H3,(H2,29,30,31,32);/q;+1/p-1. The van der Waals surface area contributed by atoms with Gasteiger partial charge in [-0.15, -0.1) is 6.54 Å². The van der Waals surface area contributed by atoms with Gasteiger partial charge in [0, 0.05) is 6.42 Å². The van der Waals surface area contributed by atoms with Crippen molar-refractivity contribution in [3.8, 4) is 5.75 Å². The molecule has 34 heavy (non-hydrogen) atoms. The van der Waals surface area contributed by atoms with Crippen molar-refractivity contribution in [2.45, 2.75) is 110 Å². The molecule has 0 heterocycles. The van der Waals surface area contributed by atoms with Crippen LogP contribution in [0.1, 0.15) is 121 Å². The smallest absolute Gasteiger partial charge is 0.649 e. The normalized spacial score (nSPS) is 10.7. The number of unbranched alkanes of at least 4 members (excludes halogenated alkanes) is 12. The molecule has 0 unspecified atom stereocenters. The number of hydrogen-bond donors (Lipinski definition) is 1. The molecule has 0 aliphatic heterocycles. The SMILES string of the molecule is CC(C)CCCCCCCCCCCCCCCOc1ccc(C(=O)[N-]CCC(=O)O)cc1.[Na+]. The van der Waals surface area contributed by atoms with Crippen LogP contribution in [-0.4, -0.2) is 30.1 Å². The van der Waals surface area contributed by atoms with Gasteiger partial charge in [0.2, 0.25) is 0 Å². The van der Waals surface area contributed by atoms with Gasteiger partial charge in [-0.05, 0) is 42.2 Å². The number of benzene rings is 1. The van der Waals surface area contributed by atoms with Crippen molar-refractivity contribution in [3.63, 3.8) is 0 Å². The first-order chi connectivity index (χ1) is 16.0. The number of hydrogen-bond acceptors (Lipinski definition) is 3. The number of ether oxygens (including phenoxy) is 1. The third-order valence-corrected chi connectivity index (χ3v) is 5.88. The molecular weight excluding hydrogens is 437 g/mol. The second-order valence-corrected chi connectivity index (χ2v) is 9.48. The van der Waals surface area contributed by atoms with Gasteiger partial charge in [-0.2, -0.15) is 0 Å². The zero-order chi connectivity index (χ0) is 24.2. The number of amides is 1. The van der Waals surface area contributed by atoms with E-state index in [1.807, 2.05) is 0 Å². The van der Waals surface area contributed by atoms with E-state index in [1.54, 1.807) is 24.3 Å². The summed E-state index contributed by atoms with van der Waals surface area (Å²) in [4.78, 5) is 22.3. The number of nitrogens with zero attached hydrogens (tertiary/aromatic N) is 1. The summed E-state index contributed by atoms with van der Waals surface area (Å²) in [7, 11) is 0. The molecule has 0 aliphatic rings. The van der Waals surface area contributed by atoms with E-state index in [9.17, 15) is 9.59 Å². The fourth-order valence-corrected chi connectivity index (χ4v) is 3.83. The first kappa shape index (κ1) is 33.0. The molecule has 1 N–H and O–H groups in total. The summed E-state index contributed by atoms with van der Waals surface area (Å²) in [5.41, 5.74) is 0.453. The zero-order valence-electron chi connectivity index (χ0n) is 22.0. The van der Waals surface area contributed by atoms with Crippen LogP contribution in [0.4, 0.5) is 0 Å². The van der Waals surface area contributed by atoms with Crippen molar-refractivity contribution in [2.75, 3.05) is 13.2 Å². The Hall–Kier alpha value is -1.04. The average Bonchev–Trinajstić information content (AvgIpc) is 2.78. The number of aliphatic carboxylic acids is 1. The van der Waals surface area contributed by atoms with Crippen molar-refractivity contribution in [1.82, 2.24) is 0 Å². The van der Waals surface area contributed by atoms with Crippen LogP contribution in [0.3, 0.4) is 0 Å². The van der Waals surface area contributed by atoms with E-state index in [2.05, 4.69) is 19.2 Å². The fourth-order valence-electron chi connectivity index (χ4n) is 3.83. The minimum atomic E-state index is -0.955. The Labute approximate surface area is 230 Å². The fraction of sp³-hybridized carbons (Fsp3) is 0.714. The van der Waals surface area contributed by atoms with Gasteiger partial charge in [-0.3, -0.25) is 4.79 Å². The van der Waals surface area contributed by atoms with Crippen LogP contribution in [0.2, 0.25) is 0 Å². The van der Waals surface area contributed by atoms with Crippen LogP contribution in [0.5, 0.6) is 5.75 Å². The van der Waals surface area contributed by atoms with Gasteiger partial charge in [0.1, 0.15) is 5.75 Å². The summed E-state index contributed by atoms with van der Waals surface area (Å²) in [6, 6.07) is 6.89. The molecule has 188 valence electrons. The maximum Gasteiger partial charge on any atom is 1.00 e. The topological polar surface area (TPSA) is 77.7 Å². The van der Waals surface area contributed by atoms with Gasteiger partial charge in [-0.1, -0.05) is 97.3 Å². The Morgan fingerprint density at radius 2 is 1.26 bits per heavy atom. The number of carboxylic acids is 1. The van der Waals surface area contributed by atoms with E-state index in [4.69, 9.17) is 9.84 Å². The molecule has 0 saturated heterocycles. The number of carbonyl (C=O) groups excluding carboxylic acids is 1. The molecule has 0 atom stereocenters. The second-order valence-electron chi connectivity index (χ2n) is 9.48. The predicted molar refractivity (Wildman–Crippen MR) is 136 cm³/mol. The predicted octanol–water partition coefficient (Wildman–Crippen LogP) is 5.18. The minimum Gasteiger partial charge on any atom is -0.649 e. The first-order valence-electron chi connectivity index (χ1n) is 13.2. The Bertz CT molecular complexity index is 634. The van der Waals surface area contributed by atoms with Crippen molar-refractivity contribution < 1.29 is 49.0 Å². The van der Waals surface area contributed by atoms with E-state index >= 15 is 0 Å². The Balaban J connectivity index is 0.0000109. The quantitative estimate of drug-likeness (QED) is 0.193. The van der Waals surface area contributed by atoms with Crippen LogP contribution in [0.15, 0.2) is 24.3 Å². The van der Waals surface area contributed by atoms with Gasteiger partial charge >= 0.3 is 35.5 Å². The molecule has 5 nitrogen and oxygen atoms in total. The van der Waals surface area contributed by atoms with E-state index in [1.165, 1.54) is 83.5 Å². The van der Waals surface area contributed by atoms with Gasteiger partial charge < -0.3 is 20.0 Å².